The van der Waals surface area contributed by atoms with E-state index < -0.39 is 5.92 Å². The lowest BCUT2D eigenvalue weighted by Gasteiger charge is -2.19. The van der Waals surface area contributed by atoms with E-state index in [1.54, 1.807) is 18.1 Å². The molecule has 1 N–H and O–H groups in total. The number of thiazole rings is 1. The molecule has 0 bridgehead atoms. The maximum atomic E-state index is 12.0. The van der Waals surface area contributed by atoms with Crippen molar-refractivity contribution < 1.29 is 9.59 Å². The quantitative estimate of drug-likeness (QED) is 0.832. The molecular weight excluding hydrogens is 250 g/mol. The van der Waals surface area contributed by atoms with E-state index in [2.05, 4.69) is 10.3 Å². The summed E-state index contributed by atoms with van der Waals surface area (Å²) in [5.41, 5.74) is 0. The van der Waals surface area contributed by atoms with E-state index in [4.69, 9.17) is 0 Å². The van der Waals surface area contributed by atoms with Crippen molar-refractivity contribution in [1.82, 2.24) is 15.2 Å². The Morgan fingerprint density at radius 1 is 1.61 bits per heavy atom. The Morgan fingerprint density at radius 2 is 2.44 bits per heavy atom. The van der Waals surface area contributed by atoms with E-state index in [-0.39, 0.29) is 11.8 Å². The molecule has 0 saturated carbocycles. The van der Waals surface area contributed by atoms with Gasteiger partial charge in [-0.1, -0.05) is 6.42 Å². The van der Waals surface area contributed by atoms with Gasteiger partial charge < -0.3 is 10.2 Å². The van der Waals surface area contributed by atoms with Crippen LogP contribution in [-0.2, 0) is 16.1 Å². The molecule has 98 valence electrons. The summed E-state index contributed by atoms with van der Waals surface area (Å²) in [7, 11) is 1.76. The van der Waals surface area contributed by atoms with Crippen LogP contribution in [0.4, 0.5) is 0 Å². The first-order valence-electron chi connectivity index (χ1n) is 6.09. The van der Waals surface area contributed by atoms with Gasteiger partial charge in [0.2, 0.25) is 11.8 Å². The molecule has 0 aromatic carbocycles. The second kappa shape index (κ2) is 5.95. The van der Waals surface area contributed by atoms with Gasteiger partial charge in [-0.05, 0) is 12.8 Å². The molecule has 0 aliphatic carbocycles. The first-order chi connectivity index (χ1) is 8.68. The summed E-state index contributed by atoms with van der Waals surface area (Å²) in [5.74, 6) is -0.773. The van der Waals surface area contributed by atoms with Crippen LogP contribution in [0.15, 0.2) is 11.6 Å². The lowest BCUT2D eigenvalue weighted by molar-refractivity contribution is -0.140. The van der Waals surface area contributed by atoms with Crippen LogP contribution in [0.2, 0.25) is 0 Å². The molecule has 1 aliphatic rings. The lowest BCUT2D eigenvalue weighted by Crippen LogP contribution is -2.40. The molecular formula is C12H17N3O2S. The minimum absolute atomic E-state index is 0.0656. The third kappa shape index (κ3) is 3.07. The zero-order valence-corrected chi connectivity index (χ0v) is 11.2. The predicted molar refractivity (Wildman–Crippen MR) is 68.9 cm³/mol. The third-order valence-electron chi connectivity index (χ3n) is 3.12. The second-order valence-electron chi connectivity index (χ2n) is 4.45. The van der Waals surface area contributed by atoms with Crippen molar-refractivity contribution >= 4 is 23.2 Å². The molecule has 1 aromatic rings. The standard InChI is InChI=1S/C12H17N3O2S/c1-15-6-3-2-4-9(12(15)17)11(16)14-8-10-13-5-7-18-10/h5,7,9H,2-4,6,8H2,1H3,(H,14,16)/t9-/m0/s1. The Hall–Kier alpha value is -1.43. The molecule has 1 saturated heterocycles. The van der Waals surface area contributed by atoms with E-state index in [9.17, 15) is 9.59 Å². The molecule has 2 heterocycles. The number of likely N-dealkylation sites (tertiary alicyclic amines) is 1. The SMILES string of the molecule is CN1CCCC[C@@H](C(=O)NCc2nccs2)C1=O. The number of aromatic nitrogens is 1. The molecule has 1 aliphatic heterocycles. The maximum Gasteiger partial charge on any atom is 0.234 e. The van der Waals surface area contributed by atoms with Crippen molar-refractivity contribution in [2.75, 3.05) is 13.6 Å². The molecule has 0 unspecified atom stereocenters. The van der Waals surface area contributed by atoms with Crippen LogP contribution in [0.1, 0.15) is 24.3 Å². The molecule has 5 nitrogen and oxygen atoms in total. The van der Waals surface area contributed by atoms with E-state index in [1.807, 2.05) is 5.38 Å². The monoisotopic (exact) mass is 267 g/mol. The molecule has 1 aromatic heterocycles. The summed E-state index contributed by atoms with van der Waals surface area (Å²) < 4.78 is 0. The van der Waals surface area contributed by atoms with Crippen LogP contribution in [0, 0.1) is 5.92 Å². The highest BCUT2D eigenvalue weighted by Crippen LogP contribution is 2.17. The van der Waals surface area contributed by atoms with Gasteiger partial charge in [0.1, 0.15) is 10.9 Å². The van der Waals surface area contributed by atoms with Crippen molar-refractivity contribution in [3.8, 4) is 0 Å². The van der Waals surface area contributed by atoms with Gasteiger partial charge in [-0.25, -0.2) is 4.98 Å². The highest BCUT2D eigenvalue weighted by molar-refractivity contribution is 7.09. The fourth-order valence-electron chi connectivity index (χ4n) is 2.07. The number of hydrogen-bond acceptors (Lipinski definition) is 4. The predicted octanol–water partition coefficient (Wildman–Crippen LogP) is 1.02. The zero-order chi connectivity index (χ0) is 13.0. The van der Waals surface area contributed by atoms with Crippen LogP contribution >= 0.6 is 11.3 Å². The van der Waals surface area contributed by atoms with Crippen molar-refractivity contribution in [1.29, 1.82) is 0 Å². The molecule has 1 fully saturated rings. The topological polar surface area (TPSA) is 62.3 Å². The number of carbonyl (C=O) groups excluding carboxylic acids is 2. The number of hydrogen-bond donors (Lipinski definition) is 1. The van der Waals surface area contributed by atoms with Gasteiger partial charge in [0.15, 0.2) is 0 Å². The molecule has 0 radical (unpaired) electrons. The summed E-state index contributed by atoms with van der Waals surface area (Å²) in [6.07, 6.45) is 4.24. The molecule has 0 spiro atoms. The highest BCUT2D eigenvalue weighted by atomic mass is 32.1. The van der Waals surface area contributed by atoms with Gasteiger partial charge in [0, 0.05) is 25.2 Å². The van der Waals surface area contributed by atoms with Crippen LogP contribution in [-0.4, -0.2) is 35.3 Å². The van der Waals surface area contributed by atoms with Crippen LogP contribution < -0.4 is 5.32 Å². The smallest absolute Gasteiger partial charge is 0.234 e. The fraction of sp³-hybridized carbons (Fsp3) is 0.583. The first kappa shape index (κ1) is 13.0. The number of nitrogens with zero attached hydrogens (tertiary/aromatic N) is 2. The Labute approximate surface area is 110 Å². The van der Waals surface area contributed by atoms with E-state index in [0.29, 0.717) is 13.0 Å². The minimum atomic E-state index is -0.530. The number of nitrogens with one attached hydrogen (secondary N) is 1. The number of amides is 2. The highest BCUT2D eigenvalue weighted by Gasteiger charge is 2.30. The van der Waals surface area contributed by atoms with Crippen molar-refractivity contribution in [2.24, 2.45) is 5.92 Å². The summed E-state index contributed by atoms with van der Waals surface area (Å²) in [5, 5.41) is 5.52. The Balaban J connectivity index is 1.92. The fourth-order valence-corrected chi connectivity index (χ4v) is 2.62. The van der Waals surface area contributed by atoms with Gasteiger partial charge in [0.25, 0.3) is 0 Å². The van der Waals surface area contributed by atoms with Crippen molar-refractivity contribution in [2.45, 2.75) is 25.8 Å². The van der Waals surface area contributed by atoms with E-state index in [0.717, 1.165) is 24.4 Å². The molecule has 1 atom stereocenters. The van der Waals surface area contributed by atoms with Gasteiger partial charge in [-0.3, -0.25) is 9.59 Å². The summed E-state index contributed by atoms with van der Waals surface area (Å²) in [6, 6.07) is 0. The maximum absolute atomic E-state index is 12.0. The van der Waals surface area contributed by atoms with Crippen LogP contribution in [0.3, 0.4) is 0 Å². The second-order valence-corrected chi connectivity index (χ2v) is 5.43. The average Bonchev–Trinajstić information content (AvgIpc) is 2.82. The summed E-state index contributed by atoms with van der Waals surface area (Å²) in [4.78, 5) is 29.8. The van der Waals surface area contributed by atoms with Crippen molar-refractivity contribution in [3.63, 3.8) is 0 Å². The third-order valence-corrected chi connectivity index (χ3v) is 3.90. The van der Waals surface area contributed by atoms with Gasteiger partial charge in [-0.15, -0.1) is 11.3 Å². The van der Waals surface area contributed by atoms with Crippen molar-refractivity contribution in [3.05, 3.63) is 16.6 Å². The minimum Gasteiger partial charge on any atom is -0.349 e. The lowest BCUT2D eigenvalue weighted by atomic mass is 10.0. The Bertz CT molecular complexity index is 419. The number of carbonyl (C=O) groups is 2. The summed E-state index contributed by atoms with van der Waals surface area (Å²) >= 11 is 1.50. The molecule has 2 rings (SSSR count). The Kier molecular flexibility index (Phi) is 4.30. The van der Waals surface area contributed by atoms with E-state index in [1.165, 1.54) is 11.3 Å². The van der Waals surface area contributed by atoms with Crippen LogP contribution in [0.25, 0.3) is 0 Å². The average molecular weight is 267 g/mol. The van der Waals surface area contributed by atoms with Crippen LogP contribution in [0.5, 0.6) is 0 Å². The van der Waals surface area contributed by atoms with Gasteiger partial charge in [0.05, 0.1) is 6.54 Å². The first-order valence-corrected chi connectivity index (χ1v) is 6.97. The number of rotatable bonds is 3. The van der Waals surface area contributed by atoms with Gasteiger partial charge in [-0.2, -0.15) is 0 Å². The normalized spacial score (nSPS) is 20.6. The largest absolute Gasteiger partial charge is 0.349 e. The summed E-state index contributed by atoms with van der Waals surface area (Å²) in [6.45, 7) is 1.15. The molecule has 6 heteroatoms. The Morgan fingerprint density at radius 3 is 3.17 bits per heavy atom. The molecule has 18 heavy (non-hydrogen) atoms. The van der Waals surface area contributed by atoms with E-state index >= 15 is 0 Å². The molecule has 2 amide bonds. The van der Waals surface area contributed by atoms with Gasteiger partial charge >= 0.3 is 0 Å². The zero-order valence-electron chi connectivity index (χ0n) is 10.4.